The highest BCUT2D eigenvalue weighted by Gasteiger charge is 1.99. The Morgan fingerprint density at radius 3 is 2.00 bits per heavy atom. The van der Waals surface area contributed by atoms with Crippen LogP contribution >= 0.6 is 0 Å². The van der Waals surface area contributed by atoms with Gasteiger partial charge in [0.25, 0.3) is 0 Å². The molecule has 0 radical (unpaired) electrons. The number of ether oxygens (including phenoxy) is 4. The largest absolute Gasteiger partial charge is 0.491 e. The van der Waals surface area contributed by atoms with Gasteiger partial charge in [-0.1, -0.05) is 49.0 Å². The Balaban J connectivity index is 1.51. The minimum atomic E-state index is -0.446. The minimum absolute atomic E-state index is 0.215. The normalized spacial score (nSPS) is 10.3. The van der Waals surface area contributed by atoms with Crippen LogP contribution in [0.4, 0.5) is 0 Å². The van der Waals surface area contributed by atoms with Crippen LogP contribution in [0.2, 0.25) is 0 Å². The number of benzene rings is 2. The Morgan fingerprint density at radius 2 is 1.35 bits per heavy atom. The van der Waals surface area contributed by atoms with E-state index in [2.05, 4.69) is 18.7 Å². The van der Waals surface area contributed by atoms with Gasteiger partial charge in [0, 0.05) is 6.08 Å². The molecule has 0 N–H and O–H groups in total. The molecule has 2 aromatic rings. The highest BCUT2D eigenvalue weighted by Crippen LogP contribution is 2.21. The third kappa shape index (κ3) is 7.51. The van der Waals surface area contributed by atoms with Crippen molar-refractivity contribution in [2.24, 2.45) is 0 Å². The molecule has 0 fully saturated rings. The van der Waals surface area contributed by atoms with Crippen molar-refractivity contribution in [3.8, 4) is 16.9 Å². The fraction of sp³-hybridized carbons (Fsp3) is 0.286. The van der Waals surface area contributed by atoms with Crippen molar-refractivity contribution in [1.29, 1.82) is 0 Å². The summed E-state index contributed by atoms with van der Waals surface area (Å²) in [6.07, 6.45) is 1.12. The molecule has 0 atom stereocenters. The average Bonchev–Trinajstić information content (AvgIpc) is 2.70. The Bertz CT molecular complexity index is 652. The molecule has 0 amide bonds. The molecule has 0 saturated carbocycles. The molecule has 0 aromatic heterocycles. The van der Waals surface area contributed by atoms with Gasteiger partial charge in [-0.3, -0.25) is 0 Å². The summed E-state index contributed by atoms with van der Waals surface area (Å²) in [5, 5.41) is 0. The molecule has 0 aliphatic rings. The molecule has 26 heavy (non-hydrogen) atoms. The molecule has 0 heterocycles. The number of rotatable bonds is 12. The molecule has 2 rings (SSSR count). The van der Waals surface area contributed by atoms with Gasteiger partial charge >= 0.3 is 5.97 Å². The standard InChI is InChI=1S/C21H24O5/c1-2-21(22)26-17-15-24-13-12-23-14-16-25-20-10-8-19(9-11-20)18-6-4-3-5-7-18/h2-11H,1,12-17H2. The monoisotopic (exact) mass is 356 g/mol. The van der Waals surface area contributed by atoms with Crippen molar-refractivity contribution in [2.75, 3.05) is 39.6 Å². The summed E-state index contributed by atoms with van der Waals surface area (Å²) in [6.45, 7) is 5.73. The highest BCUT2D eigenvalue weighted by atomic mass is 16.6. The Kier molecular flexibility index (Phi) is 8.97. The molecule has 0 unspecified atom stereocenters. The van der Waals surface area contributed by atoms with Crippen molar-refractivity contribution >= 4 is 5.97 Å². The maximum atomic E-state index is 10.8. The van der Waals surface area contributed by atoms with Crippen LogP contribution in [0, 0.1) is 0 Å². The van der Waals surface area contributed by atoms with Crippen LogP contribution in [-0.4, -0.2) is 45.6 Å². The lowest BCUT2D eigenvalue weighted by atomic mass is 10.1. The van der Waals surface area contributed by atoms with Crippen LogP contribution in [0.1, 0.15) is 0 Å². The molecule has 0 bridgehead atoms. The van der Waals surface area contributed by atoms with Crippen LogP contribution in [0.3, 0.4) is 0 Å². The molecule has 0 saturated heterocycles. The summed E-state index contributed by atoms with van der Waals surface area (Å²) >= 11 is 0. The maximum absolute atomic E-state index is 10.8. The van der Waals surface area contributed by atoms with Crippen molar-refractivity contribution in [2.45, 2.75) is 0 Å². The summed E-state index contributed by atoms with van der Waals surface area (Å²) in [5.41, 5.74) is 2.34. The van der Waals surface area contributed by atoms with Crippen LogP contribution in [0.25, 0.3) is 11.1 Å². The zero-order chi connectivity index (χ0) is 18.5. The zero-order valence-corrected chi connectivity index (χ0v) is 14.8. The van der Waals surface area contributed by atoms with E-state index in [4.69, 9.17) is 18.9 Å². The summed E-state index contributed by atoms with van der Waals surface area (Å²) in [7, 11) is 0. The van der Waals surface area contributed by atoms with Gasteiger partial charge in [-0.2, -0.15) is 0 Å². The topological polar surface area (TPSA) is 54.0 Å². The van der Waals surface area contributed by atoms with E-state index >= 15 is 0 Å². The molecule has 0 aliphatic heterocycles. The summed E-state index contributed by atoms with van der Waals surface area (Å²) in [4.78, 5) is 10.8. The van der Waals surface area contributed by atoms with E-state index in [9.17, 15) is 4.79 Å². The molecule has 5 heteroatoms. The number of hydrogen-bond acceptors (Lipinski definition) is 5. The first-order chi connectivity index (χ1) is 12.8. The Labute approximate surface area is 154 Å². The van der Waals surface area contributed by atoms with E-state index in [-0.39, 0.29) is 6.61 Å². The van der Waals surface area contributed by atoms with Crippen LogP contribution in [-0.2, 0) is 19.0 Å². The fourth-order valence-electron chi connectivity index (χ4n) is 2.17. The fourth-order valence-corrected chi connectivity index (χ4v) is 2.17. The first-order valence-electron chi connectivity index (χ1n) is 8.52. The average molecular weight is 356 g/mol. The summed E-state index contributed by atoms with van der Waals surface area (Å²) < 4.78 is 21.1. The predicted octanol–water partition coefficient (Wildman–Crippen LogP) is 3.49. The SMILES string of the molecule is C=CC(=O)OCCOCCOCCOc1ccc(-c2ccccc2)cc1. The van der Waals surface area contributed by atoms with E-state index < -0.39 is 5.97 Å². The number of esters is 1. The van der Waals surface area contributed by atoms with Crippen molar-refractivity contribution in [1.82, 2.24) is 0 Å². The van der Waals surface area contributed by atoms with Crippen LogP contribution in [0.5, 0.6) is 5.75 Å². The van der Waals surface area contributed by atoms with E-state index in [1.165, 1.54) is 5.56 Å². The van der Waals surface area contributed by atoms with Gasteiger partial charge in [0.2, 0.25) is 0 Å². The van der Waals surface area contributed by atoms with Gasteiger partial charge in [-0.05, 0) is 23.3 Å². The third-order valence-electron chi connectivity index (χ3n) is 3.47. The van der Waals surface area contributed by atoms with Gasteiger partial charge in [0.1, 0.15) is 19.0 Å². The number of carbonyl (C=O) groups excluding carboxylic acids is 1. The molecular formula is C21H24O5. The smallest absolute Gasteiger partial charge is 0.330 e. The second-order valence-electron chi connectivity index (χ2n) is 5.34. The number of carbonyl (C=O) groups is 1. The van der Waals surface area contributed by atoms with Crippen molar-refractivity contribution in [3.63, 3.8) is 0 Å². The van der Waals surface area contributed by atoms with E-state index in [1.54, 1.807) is 0 Å². The summed E-state index contributed by atoms with van der Waals surface area (Å²) in [5.74, 6) is 0.368. The van der Waals surface area contributed by atoms with E-state index in [0.29, 0.717) is 33.0 Å². The first kappa shape index (κ1) is 19.7. The molecule has 138 valence electrons. The maximum Gasteiger partial charge on any atom is 0.330 e. The molecule has 0 aliphatic carbocycles. The summed E-state index contributed by atoms with van der Waals surface area (Å²) in [6, 6.07) is 18.2. The Morgan fingerprint density at radius 1 is 0.769 bits per heavy atom. The Hall–Kier alpha value is -2.63. The minimum Gasteiger partial charge on any atom is -0.491 e. The van der Waals surface area contributed by atoms with Gasteiger partial charge in [0.15, 0.2) is 0 Å². The molecule has 5 nitrogen and oxygen atoms in total. The van der Waals surface area contributed by atoms with Gasteiger partial charge in [-0.15, -0.1) is 0 Å². The van der Waals surface area contributed by atoms with E-state index in [0.717, 1.165) is 17.4 Å². The van der Waals surface area contributed by atoms with Gasteiger partial charge < -0.3 is 18.9 Å². The lowest BCUT2D eigenvalue weighted by Crippen LogP contribution is -2.13. The lowest BCUT2D eigenvalue weighted by molar-refractivity contribution is -0.139. The van der Waals surface area contributed by atoms with Gasteiger partial charge in [0.05, 0.1) is 26.4 Å². The zero-order valence-electron chi connectivity index (χ0n) is 14.8. The first-order valence-corrected chi connectivity index (χ1v) is 8.52. The highest BCUT2D eigenvalue weighted by molar-refractivity contribution is 5.81. The van der Waals surface area contributed by atoms with Crippen molar-refractivity contribution < 1.29 is 23.7 Å². The van der Waals surface area contributed by atoms with Crippen molar-refractivity contribution in [3.05, 3.63) is 67.3 Å². The second kappa shape index (κ2) is 11.8. The van der Waals surface area contributed by atoms with E-state index in [1.807, 2.05) is 42.5 Å². The van der Waals surface area contributed by atoms with Gasteiger partial charge in [-0.25, -0.2) is 4.79 Å². The molecule has 0 spiro atoms. The second-order valence-corrected chi connectivity index (χ2v) is 5.34. The lowest BCUT2D eigenvalue weighted by Gasteiger charge is -2.09. The van der Waals surface area contributed by atoms with Crippen LogP contribution in [0.15, 0.2) is 67.3 Å². The van der Waals surface area contributed by atoms with Crippen LogP contribution < -0.4 is 4.74 Å². The number of hydrogen-bond donors (Lipinski definition) is 0. The predicted molar refractivity (Wildman–Crippen MR) is 100 cm³/mol. The molecular weight excluding hydrogens is 332 g/mol. The quantitative estimate of drug-likeness (QED) is 0.331. The molecule has 2 aromatic carbocycles. The third-order valence-corrected chi connectivity index (χ3v) is 3.47.